The number of anilines is 1. The van der Waals surface area contributed by atoms with Gasteiger partial charge in [-0.2, -0.15) is 0 Å². The van der Waals surface area contributed by atoms with Gasteiger partial charge in [-0.1, -0.05) is 51.2 Å². The molecule has 2 aromatic rings. The fourth-order valence-electron chi connectivity index (χ4n) is 4.20. The monoisotopic (exact) mass is 497 g/mol. The minimum Gasteiger partial charge on any atom is -0.370 e. The lowest BCUT2D eigenvalue weighted by Crippen LogP contribution is -2.50. The van der Waals surface area contributed by atoms with Crippen molar-refractivity contribution in [3.05, 3.63) is 29.6 Å². The summed E-state index contributed by atoms with van der Waals surface area (Å²) in [6.07, 6.45) is 6.11. The van der Waals surface area contributed by atoms with Crippen molar-refractivity contribution in [3.8, 4) is 0 Å². The third-order valence-corrected chi connectivity index (χ3v) is 6.19. The number of hydrogen-bond acceptors (Lipinski definition) is 5. The summed E-state index contributed by atoms with van der Waals surface area (Å²) in [5, 5.41) is 18.1. The zero-order chi connectivity index (χ0) is 22.4. The van der Waals surface area contributed by atoms with E-state index in [-0.39, 0.29) is 54.6 Å². The maximum absolute atomic E-state index is 12.8. The predicted octanol–water partition coefficient (Wildman–Crippen LogP) is 4.15. The lowest BCUT2D eigenvalue weighted by molar-refractivity contribution is 0.0936. The van der Waals surface area contributed by atoms with Crippen LogP contribution in [0.3, 0.4) is 0 Å². The summed E-state index contributed by atoms with van der Waals surface area (Å²) in [4.78, 5) is 22.0. The normalized spacial score (nSPS) is 17.6. The summed E-state index contributed by atoms with van der Waals surface area (Å²) < 4.78 is 0. The molecule has 1 aliphatic rings. The van der Waals surface area contributed by atoms with E-state index in [0.29, 0.717) is 18.3 Å². The molecule has 3 rings (SSSR count). The maximum atomic E-state index is 12.8. The fourth-order valence-corrected chi connectivity index (χ4v) is 4.20. The summed E-state index contributed by atoms with van der Waals surface area (Å²) in [5.41, 5.74) is 7.44. The molecule has 184 valence electrons. The molecular weight excluding hydrogens is 461 g/mol. The SMILES string of the molecule is CCC(CC)CNC(=O)c1nc(N[C@H]2CCCC[C@H]2NC(=N)N)c2cc(C)ccc2n1.Cl.Cl. The molecule has 10 heteroatoms. The number of aryl methyl sites for hydroxylation is 1. The number of carbonyl (C=O) groups is 1. The number of carbonyl (C=O) groups excluding carboxylic acids is 1. The van der Waals surface area contributed by atoms with Crippen LogP contribution in [0.4, 0.5) is 5.82 Å². The van der Waals surface area contributed by atoms with Crippen LogP contribution in [-0.4, -0.2) is 40.5 Å². The van der Waals surface area contributed by atoms with Crippen molar-refractivity contribution in [1.82, 2.24) is 20.6 Å². The third kappa shape index (κ3) is 7.61. The molecule has 0 unspecified atom stereocenters. The molecule has 1 saturated carbocycles. The van der Waals surface area contributed by atoms with Gasteiger partial charge in [0.2, 0.25) is 5.82 Å². The van der Waals surface area contributed by atoms with Crippen molar-refractivity contribution in [2.24, 2.45) is 11.7 Å². The number of aromatic nitrogens is 2. The second kappa shape index (κ2) is 13.4. The first-order chi connectivity index (χ1) is 14.9. The molecule has 0 radical (unpaired) electrons. The lowest BCUT2D eigenvalue weighted by atomic mass is 9.90. The van der Waals surface area contributed by atoms with Gasteiger partial charge >= 0.3 is 0 Å². The van der Waals surface area contributed by atoms with Crippen LogP contribution in [0.15, 0.2) is 18.2 Å². The van der Waals surface area contributed by atoms with Gasteiger partial charge in [0.15, 0.2) is 5.96 Å². The van der Waals surface area contributed by atoms with E-state index in [2.05, 4.69) is 39.8 Å². The first-order valence-electron chi connectivity index (χ1n) is 11.3. The van der Waals surface area contributed by atoms with E-state index in [9.17, 15) is 4.79 Å². The van der Waals surface area contributed by atoms with E-state index in [1.54, 1.807) is 0 Å². The number of hydrogen-bond donors (Lipinski definition) is 5. The summed E-state index contributed by atoms with van der Waals surface area (Å²) in [5.74, 6) is 1.01. The molecule has 1 aliphatic carbocycles. The molecule has 33 heavy (non-hydrogen) atoms. The minimum absolute atomic E-state index is 0. The number of fused-ring (bicyclic) bond motifs is 1. The van der Waals surface area contributed by atoms with Crippen molar-refractivity contribution in [2.45, 2.75) is 71.4 Å². The minimum atomic E-state index is -0.250. The highest BCUT2D eigenvalue weighted by Crippen LogP contribution is 2.27. The Morgan fingerprint density at radius 3 is 2.45 bits per heavy atom. The van der Waals surface area contributed by atoms with Gasteiger partial charge in [0.05, 0.1) is 5.52 Å². The Balaban J connectivity index is 0.00000272. The number of amides is 1. The van der Waals surface area contributed by atoms with E-state index < -0.39 is 0 Å². The van der Waals surface area contributed by atoms with Crippen LogP contribution in [0.1, 0.15) is 68.6 Å². The average Bonchev–Trinajstić information content (AvgIpc) is 2.75. The highest BCUT2D eigenvalue weighted by Gasteiger charge is 2.27. The number of benzene rings is 1. The van der Waals surface area contributed by atoms with Crippen LogP contribution in [0.2, 0.25) is 0 Å². The molecule has 1 heterocycles. The molecule has 6 N–H and O–H groups in total. The van der Waals surface area contributed by atoms with Crippen LogP contribution in [0.25, 0.3) is 10.9 Å². The van der Waals surface area contributed by atoms with E-state index in [0.717, 1.165) is 55.0 Å². The molecule has 0 aliphatic heterocycles. The van der Waals surface area contributed by atoms with Gasteiger partial charge in [-0.15, -0.1) is 24.8 Å². The van der Waals surface area contributed by atoms with Gasteiger partial charge in [0.25, 0.3) is 5.91 Å². The average molecular weight is 499 g/mol. The third-order valence-electron chi connectivity index (χ3n) is 6.19. The van der Waals surface area contributed by atoms with Crippen LogP contribution >= 0.6 is 24.8 Å². The number of nitrogens with zero attached hydrogens (tertiary/aromatic N) is 2. The van der Waals surface area contributed by atoms with Crippen LogP contribution in [0, 0.1) is 18.3 Å². The van der Waals surface area contributed by atoms with Crippen LogP contribution < -0.4 is 21.7 Å². The molecule has 0 saturated heterocycles. The van der Waals surface area contributed by atoms with Gasteiger partial charge in [-0.25, -0.2) is 9.97 Å². The number of halogens is 2. The smallest absolute Gasteiger partial charge is 0.289 e. The molecule has 0 bridgehead atoms. The Bertz CT molecular complexity index is 936. The Hall–Kier alpha value is -2.32. The Morgan fingerprint density at radius 1 is 1.15 bits per heavy atom. The second-order valence-corrected chi connectivity index (χ2v) is 8.51. The quantitative estimate of drug-likeness (QED) is 0.275. The van der Waals surface area contributed by atoms with Crippen molar-refractivity contribution in [3.63, 3.8) is 0 Å². The van der Waals surface area contributed by atoms with Gasteiger partial charge < -0.3 is 21.7 Å². The van der Waals surface area contributed by atoms with Gasteiger partial charge in [0.1, 0.15) is 5.82 Å². The summed E-state index contributed by atoms with van der Waals surface area (Å²) in [6, 6.07) is 6.08. The molecule has 1 aromatic heterocycles. The lowest BCUT2D eigenvalue weighted by Gasteiger charge is -2.33. The number of nitrogens with two attached hydrogens (primary N) is 1. The molecular formula is C23H37Cl2N7O. The first kappa shape index (κ1) is 28.7. The van der Waals surface area contributed by atoms with Crippen LogP contribution in [-0.2, 0) is 0 Å². The second-order valence-electron chi connectivity index (χ2n) is 8.51. The number of rotatable bonds is 8. The van der Waals surface area contributed by atoms with E-state index in [1.807, 2.05) is 25.1 Å². The van der Waals surface area contributed by atoms with Crippen molar-refractivity contribution >= 4 is 53.4 Å². The Morgan fingerprint density at radius 2 is 1.82 bits per heavy atom. The van der Waals surface area contributed by atoms with Gasteiger partial charge in [0, 0.05) is 24.0 Å². The zero-order valence-electron chi connectivity index (χ0n) is 19.6. The van der Waals surface area contributed by atoms with Gasteiger partial charge in [-0.05, 0) is 37.8 Å². The molecule has 0 spiro atoms. The van der Waals surface area contributed by atoms with Gasteiger partial charge in [-0.3, -0.25) is 10.2 Å². The number of nitrogens with one attached hydrogen (secondary N) is 4. The Kier molecular flexibility index (Phi) is 11.7. The zero-order valence-corrected chi connectivity index (χ0v) is 21.2. The maximum Gasteiger partial charge on any atom is 0.289 e. The number of guanidine groups is 1. The van der Waals surface area contributed by atoms with E-state index in [1.165, 1.54) is 0 Å². The van der Waals surface area contributed by atoms with Crippen molar-refractivity contribution < 1.29 is 4.79 Å². The highest BCUT2D eigenvalue weighted by atomic mass is 35.5. The van der Waals surface area contributed by atoms with Crippen molar-refractivity contribution in [2.75, 3.05) is 11.9 Å². The molecule has 1 amide bonds. The van der Waals surface area contributed by atoms with E-state index in [4.69, 9.17) is 11.1 Å². The molecule has 8 nitrogen and oxygen atoms in total. The standard InChI is InChI=1S/C23H35N7O.2ClH/c1-4-15(5-2)13-26-22(31)21-27-17-11-10-14(3)12-16(17)20(30-21)28-18-8-6-7-9-19(18)29-23(24)25;;/h10-12,15,18-19H,4-9,13H2,1-3H3,(H,26,31)(H4,24,25,29)(H,27,28,30);2*1H/t18-,19+;;/m0../s1. The summed E-state index contributed by atoms with van der Waals surface area (Å²) >= 11 is 0. The molecule has 1 fully saturated rings. The molecule has 1 aromatic carbocycles. The fraction of sp³-hybridized carbons (Fsp3) is 0.565. The molecule has 2 atom stereocenters. The highest BCUT2D eigenvalue weighted by molar-refractivity contribution is 5.96. The van der Waals surface area contributed by atoms with Crippen LogP contribution in [0.5, 0.6) is 0 Å². The first-order valence-corrected chi connectivity index (χ1v) is 11.3. The predicted molar refractivity (Wildman–Crippen MR) is 140 cm³/mol. The van der Waals surface area contributed by atoms with Crippen molar-refractivity contribution in [1.29, 1.82) is 5.41 Å². The topological polar surface area (TPSA) is 129 Å². The summed E-state index contributed by atoms with van der Waals surface area (Å²) in [7, 11) is 0. The summed E-state index contributed by atoms with van der Waals surface area (Å²) in [6.45, 7) is 6.91. The largest absolute Gasteiger partial charge is 0.370 e. The van der Waals surface area contributed by atoms with E-state index >= 15 is 0 Å². The Labute approximate surface area is 208 Å².